The van der Waals surface area contributed by atoms with Crippen LogP contribution in [0.15, 0.2) is 21.8 Å². The fourth-order valence-corrected chi connectivity index (χ4v) is 5.11. The van der Waals surface area contributed by atoms with Crippen LogP contribution >= 0.6 is 23.1 Å². The smallest absolute Gasteiger partial charge is 0.352 e. The quantitative estimate of drug-likeness (QED) is 0.0825. The second-order valence-electron chi connectivity index (χ2n) is 8.63. The van der Waals surface area contributed by atoms with E-state index in [2.05, 4.69) is 15.5 Å². The number of esters is 1. The number of hydrogen-bond acceptors (Lipinski definition) is 13. The number of ether oxygens (including phenoxy) is 1. The Bertz CT molecular complexity index is 1270. The number of thioether (sulfide) groups is 1. The summed E-state index contributed by atoms with van der Waals surface area (Å²) in [7, 11) is 0. The molecule has 1 saturated heterocycles. The molecule has 3 amide bonds. The molecule has 1 aromatic rings. The van der Waals surface area contributed by atoms with Gasteiger partial charge >= 0.3 is 11.9 Å². The largest absolute Gasteiger partial charge is 0.477 e. The van der Waals surface area contributed by atoms with Gasteiger partial charge in [0.05, 0.1) is 0 Å². The molecule has 0 aromatic carbocycles. The highest BCUT2D eigenvalue weighted by Gasteiger charge is 2.54. The van der Waals surface area contributed by atoms with Gasteiger partial charge in [0.2, 0.25) is 5.60 Å². The molecule has 0 saturated carbocycles. The lowest BCUT2D eigenvalue weighted by Crippen LogP contribution is -2.71. The monoisotopic (exact) mass is 568 g/mol. The molecule has 0 unspecified atom stereocenters. The average molecular weight is 569 g/mol. The van der Waals surface area contributed by atoms with Crippen LogP contribution in [0.25, 0.3) is 0 Å². The summed E-state index contributed by atoms with van der Waals surface area (Å²) < 4.78 is 4.98. The molecule has 38 heavy (non-hydrogen) atoms. The van der Waals surface area contributed by atoms with Crippen LogP contribution in [0.1, 0.15) is 32.9 Å². The molecule has 204 valence electrons. The molecule has 2 aliphatic heterocycles. The van der Waals surface area contributed by atoms with Gasteiger partial charge in [-0.1, -0.05) is 5.16 Å². The lowest BCUT2D eigenvalue weighted by Gasteiger charge is -2.49. The summed E-state index contributed by atoms with van der Waals surface area (Å²) in [6.45, 7) is 3.47. The first-order valence-corrected chi connectivity index (χ1v) is 12.8. The van der Waals surface area contributed by atoms with E-state index in [1.54, 1.807) is 0 Å². The number of amides is 3. The number of hydrogen-bond donors (Lipinski definition) is 4. The zero-order chi connectivity index (χ0) is 28.4. The molecule has 0 radical (unpaired) electrons. The first kappa shape index (κ1) is 28.6. The molecular weight excluding hydrogens is 544 g/mol. The van der Waals surface area contributed by atoms with Gasteiger partial charge in [-0.2, -0.15) is 0 Å². The van der Waals surface area contributed by atoms with Crippen LogP contribution in [0, 0.1) is 0 Å². The Hall–Kier alpha value is -3.99. The first-order valence-electron chi connectivity index (χ1n) is 10.9. The van der Waals surface area contributed by atoms with Crippen LogP contribution in [0.4, 0.5) is 5.13 Å². The van der Waals surface area contributed by atoms with Gasteiger partial charge in [-0.05, 0) is 20.8 Å². The summed E-state index contributed by atoms with van der Waals surface area (Å²) in [5.74, 6) is -5.04. The molecule has 1 fully saturated rings. The summed E-state index contributed by atoms with van der Waals surface area (Å²) in [6.07, 6.45) is -0.461. The third-order valence-corrected chi connectivity index (χ3v) is 7.29. The zero-order valence-electron chi connectivity index (χ0n) is 20.4. The third-order valence-electron chi connectivity index (χ3n) is 5.28. The summed E-state index contributed by atoms with van der Waals surface area (Å²) in [5, 5.41) is 16.7. The van der Waals surface area contributed by atoms with Crippen LogP contribution in [0.3, 0.4) is 0 Å². The van der Waals surface area contributed by atoms with Crippen LogP contribution in [0.2, 0.25) is 0 Å². The number of carbonyl (C=O) groups excluding carboxylic acids is 5. The number of aliphatic carboxylic acids is 1. The molecule has 3 heterocycles. The van der Waals surface area contributed by atoms with Gasteiger partial charge in [-0.25, -0.2) is 9.78 Å². The Kier molecular flexibility index (Phi) is 8.41. The maximum absolute atomic E-state index is 13.1. The van der Waals surface area contributed by atoms with Crippen LogP contribution in [-0.4, -0.2) is 85.5 Å². The summed E-state index contributed by atoms with van der Waals surface area (Å²) >= 11 is 2.15. The van der Waals surface area contributed by atoms with E-state index in [-0.39, 0.29) is 33.6 Å². The number of rotatable bonds is 11. The van der Waals surface area contributed by atoms with Crippen molar-refractivity contribution in [1.29, 1.82) is 0 Å². The van der Waals surface area contributed by atoms with E-state index in [4.69, 9.17) is 21.0 Å². The number of carboxylic acid groups (broad SMARTS) is 1. The Morgan fingerprint density at radius 2 is 2.00 bits per heavy atom. The number of nitrogen functional groups attached to an aromatic ring is 1. The van der Waals surface area contributed by atoms with Gasteiger partial charge in [-0.3, -0.25) is 28.9 Å². The van der Waals surface area contributed by atoms with Gasteiger partial charge < -0.3 is 31.5 Å². The normalized spacial score (nSPS) is 19.3. The standard InChI is InChI=1S/C21H24N6O9S2/c1-8(28)4-11(29)35-5-9-6-37-17-13(16(31)27(17)14(9)18(32)33)25-15(30)12(10-7-38-20(23)24-10)26-36-21(2,3)19(22)34/h7,13,17H,4-6H2,1-3H3,(H2,22,34)(H2,23,24)(H,25,30)(H,32,33)/b26-12-/t13-,17-/m1/s1. The number of carboxylic acids is 1. The number of thiazole rings is 1. The van der Waals surface area contributed by atoms with Crippen LogP contribution in [0.5, 0.6) is 0 Å². The Labute approximate surface area is 223 Å². The predicted octanol–water partition coefficient (Wildman–Crippen LogP) is -1.03. The maximum atomic E-state index is 13.1. The minimum atomic E-state index is -1.57. The van der Waals surface area contributed by atoms with E-state index in [1.165, 1.54) is 26.2 Å². The van der Waals surface area contributed by atoms with E-state index in [1.807, 2.05) is 0 Å². The van der Waals surface area contributed by atoms with E-state index in [9.17, 15) is 33.9 Å². The van der Waals surface area contributed by atoms with Crippen molar-refractivity contribution in [3.63, 3.8) is 0 Å². The number of Topliss-reactive ketones (excluding diaryl/α,β-unsaturated/α-hetero) is 1. The maximum Gasteiger partial charge on any atom is 0.352 e. The lowest BCUT2D eigenvalue weighted by atomic mass is 10.0. The van der Waals surface area contributed by atoms with Gasteiger partial charge in [0, 0.05) is 16.7 Å². The molecule has 3 rings (SSSR count). The first-order chi connectivity index (χ1) is 17.7. The van der Waals surface area contributed by atoms with E-state index in [0.29, 0.717) is 0 Å². The van der Waals surface area contributed by atoms with Crippen molar-refractivity contribution < 1.29 is 43.4 Å². The molecular formula is C21H24N6O9S2. The molecule has 2 atom stereocenters. The van der Waals surface area contributed by atoms with Crippen molar-refractivity contribution >= 4 is 69.4 Å². The van der Waals surface area contributed by atoms with Crippen molar-refractivity contribution in [1.82, 2.24) is 15.2 Å². The van der Waals surface area contributed by atoms with Gasteiger partial charge in [0.1, 0.15) is 41.6 Å². The number of aromatic nitrogens is 1. The molecule has 0 aliphatic carbocycles. The second-order valence-corrected chi connectivity index (χ2v) is 10.6. The highest BCUT2D eigenvalue weighted by molar-refractivity contribution is 8.00. The molecule has 0 bridgehead atoms. The summed E-state index contributed by atoms with van der Waals surface area (Å²) in [5.41, 5.74) is 8.79. The van der Waals surface area contributed by atoms with Crippen molar-refractivity contribution in [2.45, 2.75) is 44.2 Å². The summed E-state index contributed by atoms with van der Waals surface area (Å²) in [4.78, 5) is 82.4. The number of β-lactam (4-membered cyclic amide) rings is 1. The minimum Gasteiger partial charge on any atom is -0.477 e. The Morgan fingerprint density at radius 1 is 1.32 bits per heavy atom. The molecule has 17 heteroatoms. The number of anilines is 1. The number of ketones is 1. The summed E-state index contributed by atoms with van der Waals surface area (Å²) in [6, 6.07) is -1.13. The SMILES string of the molecule is CC(=O)CC(=O)OCC1=C(C(=O)O)N2C(=O)[C@@H](NC(=O)/C(=N\OC(C)(C)C(N)=O)c3csc(N)n3)[C@H]2SC1. The molecule has 0 spiro atoms. The highest BCUT2D eigenvalue weighted by Crippen LogP contribution is 2.40. The Balaban J connectivity index is 1.79. The van der Waals surface area contributed by atoms with Gasteiger partial charge in [0.25, 0.3) is 17.7 Å². The van der Waals surface area contributed by atoms with Crippen molar-refractivity contribution in [3.8, 4) is 0 Å². The molecule has 6 N–H and O–H groups in total. The molecule has 2 aliphatic rings. The van der Waals surface area contributed by atoms with Gasteiger partial charge in [-0.15, -0.1) is 23.1 Å². The van der Waals surface area contributed by atoms with Crippen molar-refractivity contribution in [2.75, 3.05) is 18.1 Å². The fraction of sp³-hybridized carbons (Fsp3) is 0.429. The number of primary amides is 1. The average Bonchev–Trinajstić information content (AvgIpc) is 3.25. The highest BCUT2D eigenvalue weighted by atomic mass is 32.2. The number of oxime groups is 1. The number of nitrogens with zero attached hydrogens (tertiary/aromatic N) is 3. The van der Waals surface area contributed by atoms with Crippen LogP contribution in [-0.2, 0) is 38.3 Å². The zero-order valence-corrected chi connectivity index (χ0v) is 22.0. The van der Waals surface area contributed by atoms with E-state index >= 15 is 0 Å². The second kappa shape index (κ2) is 11.2. The van der Waals surface area contributed by atoms with Crippen molar-refractivity contribution in [3.05, 3.63) is 22.3 Å². The van der Waals surface area contributed by atoms with E-state index in [0.717, 1.165) is 28.0 Å². The minimum absolute atomic E-state index is 0.0194. The Morgan fingerprint density at radius 3 is 2.55 bits per heavy atom. The topological polar surface area (TPSA) is 234 Å². The molecule has 15 nitrogen and oxygen atoms in total. The predicted molar refractivity (Wildman–Crippen MR) is 133 cm³/mol. The fourth-order valence-electron chi connectivity index (χ4n) is 3.23. The third kappa shape index (κ3) is 6.10. The number of nitrogens with one attached hydrogen (secondary N) is 1. The lowest BCUT2D eigenvalue weighted by molar-refractivity contribution is -0.150. The van der Waals surface area contributed by atoms with E-state index < -0.39 is 65.5 Å². The molecule has 1 aromatic heterocycles. The number of nitrogens with two attached hydrogens (primary N) is 2. The number of carbonyl (C=O) groups is 6. The number of fused-ring (bicyclic) bond motifs is 1. The van der Waals surface area contributed by atoms with Gasteiger partial charge in [0.15, 0.2) is 10.8 Å². The van der Waals surface area contributed by atoms with Crippen LogP contribution < -0.4 is 16.8 Å². The van der Waals surface area contributed by atoms with Crippen molar-refractivity contribution in [2.24, 2.45) is 10.9 Å².